The summed E-state index contributed by atoms with van der Waals surface area (Å²) in [6.45, 7) is 0.430. The minimum atomic E-state index is -0.365. The van der Waals surface area contributed by atoms with Gasteiger partial charge in [0.15, 0.2) is 0 Å². The molecule has 0 unspecified atom stereocenters. The van der Waals surface area contributed by atoms with Crippen molar-refractivity contribution in [2.45, 2.75) is 6.54 Å². The maximum atomic E-state index is 12.3. The van der Waals surface area contributed by atoms with Gasteiger partial charge in [0, 0.05) is 38.7 Å². The number of carbonyl (C=O) groups excluding carboxylic acids is 3. The van der Waals surface area contributed by atoms with Crippen LogP contribution in [0, 0.1) is 0 Å². The lowest BCUT2D eigenvalue weighted by molar-refractivity contribution is 0.0693. The minimum absolute atomic E-state index is 0.303. The van der Waals surface area contributed by atoms with Gasteiger partial charge >= 0.3 is 6.03 Å². The Morgan fingerprint density at radius 2 is 1.79 bits per heavy atom. The third-order valence-electron chi connectivity index (χ3n) is 3.86. The van der Waals surface area contributed by atoms with E-state index in [1.807, 2.05) is 12.1 Å². The van der Waals surface area contributed by atoms with Gasteiger partial charge in [0.25, 0.3) is 11.8 Å². The molecule has 0 aliphatic carbocycles. The number of hydrogen-bond acceptors (Lipinski definition) is 4. The topological polar surface area (TPSA) is 82.6 Å². The summed E-state index contributed by atoms with van der Waals surface area (Å²) in [4.78, 5) is 42.6. The van der Waals surface area contributed by atoms with Crippen LogP contribution in [-0.4, -0.2) is 46.7 Å². The highest BCUT2D eigenvalue weighted by molar-refractivity contribution is 6.21. The first-order valence-corrected chi connectivity index (χ1v) is 7.35. The number of amides is 4. The summed E-state index contributed by atoms with van der Waals surface area (Å²) in [5.74, 6) is -0.695. The quantitative estimate of drug-likeness (QED) is 0.875. The average molecular weight is 324 g/mol. The van der Waals surface area contributed by atoms with Gasteiger partial charge in [0.1, 0.15) is 0 Å². The van der Waals surface area contributed by atoms with E-state index >= 15 is 0 Å². The summed E-state index contributed by atoms with van der Waals surface area (Å²) >= 11 is 0. The molecule has 7 nitrogen and oxygen atoms in total. The van der Waals surface area contributed by atoms with Crippen LogP contribution in [0.4, 0.5) is 10.5 Å². The molecule has 4 amide bonds. The van der Waals surface area contributed by atoms with E-state index in [-0.39, 0.29) is 17.8 Å². The van der Waals surface area contributed by atoms with Crippen molar-refractivity contribution in [2.24, 2.45) is 0 Å². The normalized spacial score (nSPS) is 13.0. The second-order valence-electron chi connectivity index (χ2n) is 5.57. The predicted octanol–water partition coefficient (Wildman–Crippen LogP) is 1.97. The highest BCUT2D eigenvalue weighted by atomic mass is 16.2. The SMILES string of the molecule is CN(Cc1ccncc1)C(=O)Nc1ccc2c(c1)C(=O)N(C)C2=O. The fourth-order valence-corrected chi connectivity index (χ4v) is 2.49. The summed E-state index contributed by atoms with van der Waals surface area (Å²) in [6, 6.07) is 8.05. The summed E-state index contributed by atoms with van der Waals surface area (Å²) < 4.78 is 0. The van der Waals surface area contributed by atoms with Crippen LogP contribution < -0.4 is 5.32 Å². The smallest absolute Gasteiger partial charge is 0.321 e. The standard InChI is InChI=1S/C17H16N4O3/c1-20(10-11-5-7-18-8-6-11)17(24)19-12-3-4-13-14(9-12)16(23)21(2)15(13)22/h3-9H,10H2,1-2H3,(H,19,24). The lowest BCUT2D eigenvalue weighted by Gasteiger charge is -2.18. The number of hydrogen-bond donors (Lipinski definition) is 1. The van der Waals surface area contributed by atoms with Gasteiger partial charge < -0.3 is 10.2 Å². The zero-order valence-corrected chi connectivity index (χ0v) is 13.3. The molecule has 0 saturated carbocycles. The van der Waals surface area contributed by atoms with Crippen molar-refractivity contribution in [1.82, 2.24) is 14.8 Å². The molecule has 1 aromatic heterocycles. The van der Waals surface area contributed by atoms with E-state index < -0.39 is 0 Å². The first-order chi connectivity index (χ1) is 11.5. The number of carbonyl (C=O) groups is 3. The largest absolute Gasteiger partial charge is 0.323 e. The third-order valence-corrected chi connectivity index (χ3v) is 3.86. The second-order valence-corrected chi connectivity index (χ2v) is 5.57. The number of urea groups is 1. The molecule has 1 aromatic carbocycles. The fraction of sp³-hybridized carbons (Fsp3) is 0.176. The Kier molecular flexibility index (Phi) is 3.99. The molecule has 0 saturated heterocycles. The average Bonchev–Trinajstić information content (AvgIpc) is 2.80. The number of aromatic nitrogens is 1. The first kappa shape index (κ1) is 15.7. The Labute approximate surface area is 138 Å². The summed E-state index contributed by atoms with van der Waals surface area (Å²) in [7, 11) is 3.11. The number of nitrogens with one attached hydrogen (secondary N) is 1. The number of rotatable bonds is 3. The van der Waals surface area contributed by atoms with Crippen molar-refractivity contribution >= 4 is 23.5 Å². The molecule has 0 spiro atoms. The molecule has 0 atom stereocenters. The monoisotopic (exact) mass is 324 g/mol. The van der Waals surface area contributed by atoms with Crippen molar-refractivity contribution in [2.75, 3.05) is 19.4 Å². The number of fused-ring (bicyclic) bond motifs is 1. The van der Waals surface area contributed by atoms with E-state index in [4.69, 9.17) is 0 Å². The number of pyridine rings is 1. The first-order valence-electron chi connectivity index (χ1n) is 7.35. The van der Waals surface area contributed by atoms with Gasteiger partial charge in [0.2, 0.25) is 0 Å². The molecule has 0 radical (unpaired) electrons. The molecular weight excluding hydrogens is 308 g/mol. The zero-order valence-electron chi connectivity index (χ0n) is 13.3. The van der Waals surface area contributed by atoms with Crippen molar-refractivity contribution < 1.29 is 14.4 Å². The summed E-state index contributed by atoms with van der Waals surface area (Å²) in [5, 5.41) is 2.73. The van der Waals surface area contributed by atoms with Crippen LogP contribution in [0.1, 0.15) is 26.3 Å². The lowest BCUT2D eigenvalue weighted by Crippen LogP contribution is -2.30. The molecule has 0 fully saturated rings. The summed E-state index contributed by atoms with van der Waals surface area (Å²) in [5.41, 5.74) is 2.08. The van der Waals surface area contributed by atoms with E-state index in [1.165, 1.54) is 18.0 Å². The highest BCUT2D eigenvalue weighted by Crippen LogP contribution is 2.24. The third kappa shape index (κ3) is 2.83. The van der Waals surface area contributed by atoms with Gasteiger partial charge in [-0.05, 0) is 35.9 Å². The molecule has 0 bridgehead atoms. The minimum Gasteiger partial charge on any atom is -0.323 e. The molecule has 1 aliphatic heterocycles. The maximum absolute atomic E-state index is 12.3. The molecule has 3 rings (SSSR count). The molecule has 2 aromatic rings. The van der Waals surface area contributed by atoms with Gasteiger partial charge in [-0.1, -0.05) is 0 Å². The number of nitrogens with zero attached hydrogens (tertiary/aromatic N) is 3. The van der Waals surface area contributed by atoms with Gasteiger partial charge in [-0.15, -0.1) is 0 Å². The van der Waals surface area contributed by atoms with Crippen molar-refractivity contribution in [1.29, 1.82) is 0 Å². The van der Waals surface area contributed by atoms with E-state index in [0.29, 0.717) is 23.4 Å². The Hall–Kier alpha value is -3.22. The molecule has 122 valence electrons. The fourth-order valence-electron chi connectivity index (χ4n) is 2.49. The predicted molar refractivity (Wildman–Crippen MR) is 87.6 cm³/mol. The van der Waals surface area contributed by atoms with E-state index in [1.54, 1.807) is 31.6 Å². The molecule has 1 aliphatic rings. The molecule has 24 heavy (non-hydrogen) atoms. The Bertz CT molecular complexity index is 820. The maximum Gasteiger partial charge on any atom is 0.321 e. The van der Waals surface area contributed by atoms with Crippen LogP contribution in [0.15, 0.2) is 42.7 Å². The van der Waals surface area contributed by atoms with Crippen molar-refractivity contribution in [3.63, 3.8) is 0 Å². The number of anilines is 1. The van der Waals surface area contributed by atoms with Gasteiger partial charge in [-0.3, -0.25) is 19.5 Å². The van der Waals surface area contributed by atoms with Crippen LogP contribution in [0.3, 0.4) is 0 Å². The van der Waals surface area contributed by atoms with Crippen molar-refractivity contribution in [3.05, 3.63) is 59.4 Å². The van der Waals surface area contributed by atoms with Gasteiger partial charge in [-0.25, -0.2) is 4.79 Å². The molecular formula is C17H16N4O3. The zero-order chi connectivity index (χ0) is 17.3. The van der Waals surface area contributed by atoms with Crippen LogP contribution >= 0.6 is 0 Å². The molecule has 2 heterocycles. The van der Waals surface area contributed by atoms with Gasteiger partial charge in [0.05, 0.1) is 11.1 Å². The second kappa shape index (κ2) is 6.11. The molecule has 7 heteroatoms. The Morgan fingerprint density at radius 1 is 1.12 bits per heavy atom. The van der Waals surface area contributed by atoms with E-state index in [0.717, 1.165) is 10.5 Å². The Balaban J connectivity index is 1.72. The summed E-state index contributed by atoms with van der Waals surface area (Å²) in [6.07, 6.45) is 3.33. The van der Waals surface area contributed by atoms with Gasteiger partial charge in [-0.2, -0.15) is 0 Å². The highest BCUT2D eigenvalue weighted by Gasteiger charge is 2.32. The van der Waals surface area contributed by atoms with E-state index in [9.17, 15) is 14.4 Å². The van der Waals surface area contributed by atoms with Crippen LogP contribution in [0.2, 0.25) is 0 Å². The van der Waals surface area contributed by atoms with E-state index in [2.05, 4.69) is 10.3 Å². The lowest BCUT2D eigenvalue weighted by atomic mass is 10.1. The Morgan fingerprint density at radius 3 is 2.50 bits per heavy atom. The number of imide groups is 1. The van der Waals surface area contributed by atoms with Crippen LogP contribution in [0.25, 0.3) is 0 Å². The van der Waals surface area contributed by atoms with Crippen molar-refractivity contribution in [3.8, 4) is 0 Å². The van der Waals surface area contributed by atoms with Crippen LogP contribution in [0.5, 0.6) is 0 Å². The van der Waals surface area contributed by atoms with Crippen LogP contribution in [-0.2, 0) is 6.54 Å². The number of benzene rings is 1. The molecule has 1 N–H and O–H groups in total.